The van der Waals surface area contributed by atoms with Gasteiger partial charge in [0.15, 0.2) is 0 Å². The fourth-order valence-corrected chi connectivity index (χ4v) is 2.11. The van der Waals surface area contributed by atoms with Crippen LogP contribution in [-0.2, 0) is 6.61 Å². The zero-order chi connectivity index (χ0) is 14.7. The molecule has 4 nitrogen and oxygen atoms in total. The molecule has 4 heteroatoms. The summed E-state index contributed by atoms with van der Waals surface area (Å²) in [5.41, 5.74) is 1.10. The van der Waals surface area contributed by atoms with E-state index in [-0.39, 0.29) is 5.63 Å². The number of hydrogen-bond donors (Lipinski definition) is 0. The van der Waals surface area contributed by atoms with Crippen molar-refractivity contribution < 1.29 is 13.9 Å². The first-order valence-corrected chi connectivity index (χ1v) is 6.55. The summed E-state index contributed by atoms with van der Waals surface area (Å²) < 4.78 is 16.2. The first-order valence-electron chi connectivity index (χ1n) is 6.55. The van der Waals surface area contributed by atoms with Crippen LogP contribution in [0.1, 0.15) is 5.56 Å². The molecule has 106 valence electrons. The molecule has 0 amide bonds. The fraction of sp³-hybridized carbons (Fsp3) is 0.118. The van der Waals surface area contributed by atoms with Crippen LogP contribution in [0, 0.1) is 0 Å². The van der Waals surface area contributed by atoms with Crippen molar-refractivity contribution in [3.8, 4) is 11.5 Å². The number of rotatable bonds is 4. The molecule has 1 aromatic heterocycles. The Morgan fingerprint density at radius 1 is 1.05 bits per heavy atom. The van der Waals surface area contributed by atoms with E-state index in [1.54, 1.807) is 19.2 Å². The van der Waals surface area contributed by atoms with Crippen LogP contribution in [0.2, 0.25) is 0 Å². The van der Waals surface area contributed by atoms with Gasteiger partial charge in [0, 0.05) is 23.1 Å². The Balaban J connectivity index is 1.83. The minimum Gasteiger partial charge on any atom is -0.496 e. The van der Waals surface area contributed by atoms with Crippen molar-refractivity contribution in [3.05, 3.63) is 70.6 Å². The third kappa shape index (κ3) is 2.89. The van der Waals surface area contributed by atoms with Gasteiger partial charge >= 0.3 is 5.63 Å². The van der Waals surface area contributed by atoms with Crippen LogP contribution >= 0.6 is 0 Å². The highest BCUT2D eigenvalue weighted by Gasteiger charge is 2.04. The normalized spacial score (nSPS) is 10.5. The van der Waals surface area contributed by atoms with E-state index in [2.05, 4.69) is 0 Å². The Kier molecular flexibility index (Phi) is 3.60. The summed E-state index contributed by atoms with van der Waals surface area (Å²) in [6.45, 7) is 0.382. The van der Waals surface area contributed by atoms with Crippen LogP contribution in [0.4, 0.5) is 0 Å². The van der Waals surface area contributed by atoms with Crippen LogP contribution in [0.25, 0.3) is 11.0 Å². The molecule has 0 saturated heterocycles. The molecule has 0 aliphatic heterocycles. The van der Waals surface area contributed by atoms with Crippen LogP contribution in [0.3, 0.4) is 0 Å². The van der Waals surface area contributed by atoms with Crippen molar-refractivity contribution in [1.82, 2.24) is 0 Å². The van der Waals surface area contributed by atoms with E-state index in [1.165, 1.54) is 6.07 Å². The average Bonchev–Trinajstić information content (AvgIpc) is 2.52. The smallest absolute Gasteiger partial charge is 0.336 e. The lowest BCUT2D eigenvalue weighted by molar-refractivity contribution is 0.296. The van der Waals surface area contributed by atoms with Gasteiger partial charge in [-0.1, -0.05) is 18.2 Å². The van der Waals surface area contributed by atoms with Crippen LogP contribution in [0.5, 0.6) is 11.5 Å². The molecule has 0 radical (unpaired) electrons. The lowest BCUT2D eigenvalue weighted by Gasteiger charge is -2.10. The van der Waals surface area contributed by atoms with Crippen molar-refractivity contribution in [2.24, 2.45) is 0 Å². The number of para-hydroxylation sites is 1. The maximum Gasteiger partial charge on any atom is 0.336 e. The fourth-order valence-electron chi connectivity index (χ4n) is 2.11. The van der Waals surface area contributed by atoms with Crippen molar-refractivity contribution in [3.63, 3.8) is 0 Å². The molecule has 0 unspecified atom stereocenters. The minimum atomic E-state index is -0.371. The van der Waals surface area contributed by atoms with E-state index >= 15 is 0 Å². The Morgan fingerprint density at radius 2 is 1.86 bits per heavy atom. The molecule has 0 atom stereocenters. The molecule has 2 aromatic carbocycles. The van der Waals surface area contributed by atoms with Gasteiger partial charge in [-0.25, -0.2) is 4.79 Å². The van der Waals surface area contributed by atoms with Crippen LogP contribution in [0.15, 0.2) is 63.8 Å². The van der Waals surface area contributed by atoms with E-state index in [0.29, 0.717) is 17.9 Å². The molecule has 21 heavy (non-hydrogen) atoms. The summed E-state index contributed by atoms with van der Waals surface area (Å²) in [5, 5.41) is 0.860. The zero-order valence-corrected chi connectivity index (χ0v) is 11.5. The molecule has 3 rings (SSSR count). The molecule has 0 bridgehead atoms. The summed E-state index contributed by atoms with van der Waals surface area (Å²) in [6.07, 6.45) is 0. The van der Waals surface area contributed by atoms with E-state index in [1.807, 2.05) is 36.4 Å². The SMILES string of the molecule is COc1ccccc1COc1ccc2ccc(=O)oc2c1. The van der Waals surface area contributed by atoms with E-state index < -0.39 is 0 Å². The maximum absolute atomic E-state index is 11.2. The van der Waals surface area contributed by atoms with Gasteiger partial charge in [-0.3, -0.25) is 0 Å². The largest absolute Gasteiger partial charge is 0.496 e. The topological polar surface area (TPSA) is 48.7 Å². The summed E-state index contributed by atoms with van der Waals surface area (Å²) in [7, 11) is 1.63. The summed E-state index contributed by atoms with van der Waals surface area (Å²) in [4.78, 5) is 11.2. The van der Waals surface area contributed by atoms with Gasteiger partial charge in [0.2, 0.25) is 0 Å². The Labute approximate surface area is 121 Å². The van der Waals surface area contributed by atoms with Gasteiger partial charge in [0.05, 0.1) is 7.11 Å². The predicted octanol–water partition coefficient (Wildman–Crippen LogP) is 3.38. The third-order valence-corrected chi connectivity index (χ3v) is 3.18. The predicted molar refractivity (Wildman–Crippen MR) is 79.8 cm³/mol. The monoisotopic (exact) mass is 282 g/mol. The van der Waals surface area contributed by atoms with Crippen LogP contribution < -0.4 is 15.1 Å². The van der Waals surface area contributed by atoms with Crippen molar-refractivity contribution in [2.75, 3.05) is 7.11 Å². The molecule has 0 N–H and O–H groups in total. The van der Waals surface area contributed by atoms with Crippen LogP contribution in [-0.4, -0.2) is 7.11 Å². The van der Waals surface area contributed by atoms with Gasteiger partial charge in [0.1, 0.15) is 23.7 Å². The lowest BCUT2D eigenvalue weighted by atomic mass is 10.2. The molecule has 0 fully saturated rings. The van der Waals surface area contributed by atoms with E-state index in [9.17, 15) is 4.79 Å². The standard InChI is InChI=1S/C17H14O4/c1-19-15-5-3-2-4-13(15)11-20-14-8-6-12-7-9-17(18)21-16(12)10-14/h2-10H,11H2,1H3. The summed E-state index contributed by atoms with van der Waals surface area (Å²) >= 11 is 0. The van der Waals surface area contributed by atoms with E-state index in [0.717, 1.165) is 16.7 Å². The van der Waals surface area contributed by atoms with Gasteiger partial charge in [-0.2, -0.15) is 0 Å². The number of benzene rings is 2. The zero-order valence-electron chi connectivity index (χ0n) is 11.5. The molecular weight excluding hydrogens is 268 g/mol. The molecule has 3 aromatic rings. The van der Waals surface area contributed by atoms with Crippen molar-refractivity contribution in [2.45, 2.75) is 6.61 Å². The first kappa shape index (κ1) is 13.2. The quantitative estimate of drug-likeness (QED) is 0.688. The Hall–Kier alpha value is -2.75. The molecule has 0 saturated carbocycles. The summed E-state index contributed by atoms with van der Waals surface area (Å²) in [6, 6.07) is 16.2. The highest BCUT2D eigenvalue weighted by molar-refractivity contribution is 5.77. The third-order valence-electron chi connectivity index (χ3n) is 3.18. The number of ether oxygens (including phenoxy) is 2. The second-order valence-electron chi connectivity index (χ2n) is 4.55. The second kappa shape index (κ2) is 5.71. The molecular formula is C17H14O4. The molecule has 0 aliphatic carbocycles. The Morgan fingerprint density at radius 3 is 2.71 bits per heavy atom. The average molecular weight is 282 g/mol. The molecule has 1 heterocycles. The highest BCUT2D eigenvalue weighted by atomic mass is 16.5. The van der Waals surface area contributed by atoms with Crippen molar-refractivity contribution in [1.29, 1.82) is 0 Å². The second-order valence-corrected chi connectivity index (χ2v) is 4.55. The number of methoxy groups -OCH3 is 1. The summed E-state index contributed by atoms with van der Waals surface area (Å²) in [5.74, 6) is 1.42. The van der Waals surface area contributed by atoms with Gasteiger partial charge < -0.3 is 13.9 Å². The Bertz CT molecular complexity index is 820. The maximum atomic E-state index is 11.2. The van der Waals surface area contributed by atoms with Gasteiger partial charge in [-0.15, -0.1) is 0 Å². The molecule has 0 spiro atoms. The van der Waals surface area contributed by atoms with Gasteiger partial charge in [-0.05, 0) is 24.3 Å². The number of fused-ring (bicyclic) bond motifs is 1. The molecule has 0 aliphatic rings. The highest BCUT2D eigenvalue weighted by Crippen LogP contribution is 2.23. The van der Waals surface area contributed by atoms with E-state index in [4.69, 9.17) is 13.9 Å². The van der Waals surface area contributed by atoms with Gasteiger partial charge in [0.25, 0.3) is 0 Å². The first-order chi connectivity index (χ1) is 10.3. The number of hydrogen-bond acceptors (Lipinski definition) is 4. The lowest BCUT2D eigenvalue weighted by Crippen LogP contribution is -1.99. The van der Waals surface area contributed by atoms with Crippen molar-refractivity contribution >= 4 is 11.0 Å². The minimum absolute atomic E-state index is 0.371.